The van der Waals surface area contributed by atoms with E-state index in [9.17, 15) is 5.26 Å². The van der Waals surface area contributed by atoms with Gasteiger partial charge in [-0.3, -0.25) is 0 Å². The number of benzene rings is 1. The normalized spacial score (nSPS) is 13.4. The van der Waals surface area contributed by atoms with Crippen molar-refractivity contribution in [1.29, 1.82) is 5.26 Å². The zero-order valence-electron chi connectivity index (χ0n) is 16.1. The summed E-state index contributed by atoms with van der Waals surface area (Å²) in [5, 5.41) is 12.5. The number of hydrogen-bond donors (Lipinski definition) is 1. The molecular weight excluding hydrogens is 338 g/mol. The highest BCUT2D eigenvalue weighted by molar-refractivity contribution is 5.60. The molecule has 1 aliphatic rings. The van der Waals surface area contributed by atoms with Gasteiger partial charge in [0.1, 0.15) is 5.82 Å². The van der Waals surface area contributed by atoms with Crippen LogP contribution in [0.3, 0.4) is 0 Å². The molecule has 2 heterocycles. The molecule has 1 N–H and O–H groups in total. The Morgan fingerprint density at radius 3 is 2.89 bits per heavy atom. The molecule has 6 heteroatoms. The minimum absolute atomic E-state index is 0.548. The summed E-state index contributed by atoms with van der Waals surface area (Å²) in [5.74, 6) is 1.43. The molecule has 1 aliphatic heterocycles. The molecule has 0 spiro atoms. The van der Waals surface area contributed by atoms with Crippen LogP contribution in [0.25, 0.3) is 0 Å². The Kier molecular flexibility index (Phi) is 6.05. The Labute approximate surface area is 160 Å². The van der Waals surface area contributed by atoms with Gasteiger partial charge in [-0.2, -0.15) is 10.2 Å². The van der Waals surface area contributed by atoms with Crippen LogP contribution in [0.1, 0.15) is 36.6 Å². The lowest BCUT2D eigenvalue weighted by molar-refractivity contribution is 0.224. The molecule has 0 amide bonds. The first-order valence-electron chi connectivity index (χ1n) is 9.25. The topological polar surface area (TPSA) is 74.1 Å². The molecule has 1 aromatic heterocycles. The van der Waals surface area contributed by atoms with Crippen LogP contribution >= 0.6 is 0 Å². The Morgan fingerprint density at radius 1 is 1.30 bits per heavy atom. The third-order valence-corrected chi connectivity index (χ3v) is 4.53. The first-order chi connectivity index (χ1) is 13.1. The molecule has 0 atom stereocenters. The highest BCUT2D eigenvalue weighted by atomic mass is 16.5. The van der Waals surface area contributed by atoms with Crippen molar-refractivity contribution in [3.8, 4) is 6.07 Å². The first kappa shape index (κ1) is 18.9. The van der Waals surface area contributed by atoms with Gasteiger partial charge in [-0.25, -0.2) is 4.98 Å². The number of ether oxygens (including phenoxy) is 1. The van der Waals surface area contributed by atoms with E-state index in [1.165, 1.54) is 0 Å². The third kappa shape index (κ3) is 4.44. The zero-order chi connectivity index (χ0) is 19.2. The van der Waals surface area contributed by atoms with Crippen LogP contribution < -0.4 is 10.2 Å². The molecule has 0 aliphatic carbocycles. The highest BCUT2D eigenvalue weighted by Gasteiger charge is 2.19. The van der Waals surface area contributed by atoms with Gasteiger partial charge in [-0.1, -0.05) is 25.5 Å². The van der Waals surface area contributed by atoms with E-state index < -0.39 is 0 Å². The minimum atomic E-state index is 0.548. The maximum absolute atomic E-state index is 9.26. The maximum atomic E-state index is 9.26. The number of nitrogens with zero attached hydrogens (tertiary/aromatic N) is 4. The van der Waals surface area contributed by atoms with Crippen molar-refractivity contribution in [3.63, 3.8) is 0 Å². The molecule has 140 valence electrons. The van der Waals surface area contributed by atoms with E-state index in [2.05, 4.69) is 40.3 Å². The van der Waals surface area contributed by atoms with Gasteiger partial charge >= 0.3 is 0 Å². The molecule has 1 aromatic carbocycles. The van der Waals surface area contributed by atoms with Crippen LogP contribution in [-0.4, -0.2) is 30.2 Å². The summed E-state index contributed by atoms with van der Waals surface area (Å²) in [7, 11) is 1.71. The van der Waals surface area contributed by atoms with Crippen molar-refractivity contribution in [2.24, 2.45) is 0 Å². The summed E-state index contributed by atoms with van der Waals surface area (Å²) in [6.07, 6.45) is 5.08. The van der Waals surface area contributed by atoms with E-state index in [0.29, 0.717) is 18.1 Å². The van der Waals surface area contributed by atoms with Gasteiger partial charge in [0.25, 0.3) is 0 Å². The standard InChI is InChI=1S/C21H25N5O/c1-4-6-17-12-20(26-10-5-7-19(26)14-27-3)25-21(23-17)24-18-9-8-15(2)16(11-18)13-22/h7-9,11-12H,4-6,10,14H2,1-3H3,(H,23,24,25). The Bertz CT molecular complexity index is 885. The predicted octanol–water partition coefficient (Wildman–Crippen LogP) is 4.09. The highest BCUT2D eigenvalue weighted by Crippen LogP contribution is 2.26. The zero-order valence-corrected chi connectivity index (χ0v) is 16.1. The van der Waals surface area contributed by atoms with E-state index in [1.807, 2.05) is 25.1 Å². The molecule has 0 fully saturated rings. The smallest absolute Gasteiger partial charge is 0.229 e. The summed E-state index contributed by atoms with van der Waals surface area (Å²) < 4.78 is 5.32. The van der Waals surface area contributed by atoms with Crippen LogP contribution in [0.4, 0.5) is 17.5 Å². The van der Waals surface area contributed by atoms with E-state index in [4.69, 9.17) is 9.72 Å². The van der Waals surface area contributed by atoms with Crippen molar-refractivity contribution in [3.05, 3.63) is 52.9 Å². The minimum Gasteiger partial charge on any atom is -0.378 e. The van der Waals surface area contributed by atoms with Crippen LogP contribution in [-0.2, 0) is 11.2 Å². The lowest BCUT2D eigenvalue weighted by Gasteiger charge is -2.22. The molecule has 3 rings (SSSR count). The monoisotopic (exact) mass is 363 g/mol. The number of nitriles is 1. The predicted molar refractivity (Wildman–Crippen MR) is 107 cm³/mol. The number of methoxy groups -OCH3 is 1. The van der Waals surface area contributed by atoms with Crippen molar-refractivity contribution in [2.75, 3.05) is 30.5 Å². The van der Waals surface area contributed by atoms with E-state index in [0.717, 1.165) is 54.3 Å². The van der Waals surface area contributed by atoms with E-state index >= 15 is 0 Å². The molecule has 0 unspecified atom stereocenters. The summed E-state index contributed by atoms with van der Waals surface area (Å²) in [6, 6.07) is 9.97. The number of anilines is 3. The lowest BCUT2D eigenvalue weighted by atomic mass is 10.1. The van der Waals surface area contributed by atoms with Gasteiger partial charge in [0.05, 0.1) is 18.2 Å². The largest absolute Gasteiger partial charge is 0.378 e. The van der Waals surface area contributed by atoms with Gasteiger partial charge in [0.15, 0.2) is 0 Å². The molecule has 0 bridgehead atoms. The summed E-state index contributed by atoms with van der Waals surface area (Å²) in [6.45, 7) is 5.53. The Balaban J connectivity index is 1.92. The van der Waals surface area contributed by atoms with Crippen molar-refractivity contribution in [1.82, 2.24) is 9.97 Å². The molecule has 2 aromatic rings. The van der Waals surface area contributed by atoms with Gasteiger partial charge in [-0.15, -0.1) is 0 Å². The maximum Gasteiger partial charge on any atom is 0.229 e. The van der Waals surface area contributed by atoms with Crippen LogP contribution in [0.15, 0.2) is 36.0 Å². The average molecular weight is 363 g/mol. The fourth-order valence-electron chi connectivity index (χ4n) is 3.17. The number of aryl methyl sites for hydroxylation is 2. The van der Waals surface area contributed by atoms with Crippen LogP contribution in [0, 0.1) is 18.3 Å². The SMILES string of the molecule is CCCc1cc(N2CCC=C2COC)nc(Nc2ccc(C)c(C#N)c2)n1. The molecular formula is C21H25N5O. The Morgan fingerprint density at radius 2 is 2.15 bits per heavy atom. The van der Waals surface area contributed by atoms with Crippen molar-refractivity contribution >= 4 is 17.5 Å². The van der Waals surface area contributed by atoms with E-state index in [-0.39, 0.29) is 0 Å². The molecule has 0 saturated heterocycles. The summed E-state index contributed by atoms with van der Waals surface area (Å²) in [5.41, 5.74) is 4.55. The second kappa shape index (κ2) is 8.65. The number of hydrogen-bond acceptors (Lipinski definition) is 6. The average Bonchev–Trinajstić information content (AvgIpc) is 3.12. The quantitative estimate of drug-likeness (QED) is 0.798. The molecule has 6 nitrogen and oxygen atoms in total. The second-order valence-electron chi connectivity index (χ2n) is 6.63. The van der Waals surface area contributed by atoms with Crippen molar-refractivity contribution < 1.29 is 4.74 Å². The van der Waals surface area contributed by atoms with Crippen molar-refractivity contribution in [2.45, 2.75) is 33.1 Å². The molecule has 0 radical (unpaired) electrons. The molecule has 0 saturated carbocycles. The van der Waals surface area contributed by atoms with Gasteiger partial charge in [0.2, 0.25) is 5.95 Å². The fourth-order valence-corrected chi connectivity index (χ4v) is 3.17. The van der Waals surface area contributed by atoms with E-state index in [1.54, 1.807) is 7.11 Å². The molecule has 27 heavy (non-hydrogen) atoms. The van der Waals surface area contributed by atoms with Crippen LogP contribution in [0.5, 0.6) is 0 Å². The van der Waals surface area contributed by atoms with Gasteiger partial charge < -0.3 is 15.0 Å². The lowest BCUT2D eigenvalue weighted by Crippen LogP contribution is -2.23. The van der Waals surface area contributed by atoms with Gasteiger partial charge in [0, 0.05) is 36.8 Å². The number of nitrogens with one attached hydrogen (secondary N) is 1. The number of rotatable bonds is 7. The summed E-state index contributed by atoms with van der Waals surface area (Å²) >= 11 is 0. The third-order valence-electron chi connectivity index (χ3n) is 4.53. The number of aromatic nitrogens is 2. The Hall–Kier alpha value is -2.91. The summed E-state index contributed by atoms with van der Waals surface area (Å²) in [4.78, 5) is 11.6. The first-order valence-corrected chi connectivity index (χ1v) is 9.25. The second-order valence-corrected chi connectivity index (χ2v) is 6.63. The fraction of sp³-hybridized carbons (Fsp3) is 0.381. The van der Waals surface area contributed by atoms with Gasteiger partial charge in [-0.05, 0) is 37.5 Å². The van der Waals surface area contributed by atoms with Crippen LogP contribution in [0.2, 0.25) is 0 Å².